The van der Waals surface area contributed by atoms with E-state index in [2.05, 4.69) is 48.7 Å². The maximum atomic E-state index is 12.1. The molecule has 1 fully saturated rings. The van der Waals surface area contributed by atoms with Gasteiger partial charge in [-0.2, -0.15) is 0 Å². The van der Waals surface area contributed by atoms with E-state index in [0.717, 1.165) is 25.8 Å². The van der Waals surface area contributed by atoms with Crippen LogP contribution >= 0.6 is 0 Å². The van der Waals surface area contributed by atoms with Crippen LogP contribution in [0.3, 0.4) is 0 Å². The van der Waals surface area contributed by atoms with Crippen molar-refractivity contribution >= 4 is 5.91 Å². The minimum atomic E-state index is 0.00535. The molecule has 1 aliphatic heterocycles. The molecule has 2 rings (SSSR count). The van der Waals surface area contributed by atoms with E-state index in [1.165, 1.54) is 12.0 Å². The summed E-state index contributed by atoms with van der Waals surface area (Å²) in [5, 5.41) is 6.45. The molecule has 1 heterocycles. The van der Waals surface area contributed by atoms with Crippen molar-refractivity contribution in [3.8, 4) is 0 Å². The van der Waals surface area contributed by atoms with Gasteiger partial charge in [-0.25, -0.2) is 0 Å². The smallest absolute Gasteiger partial charge is 0.237 e. The summed E-state index contributed by atoms with van der Waals surface area (Å²) >= 11 is 0. The molecule has 3 atom stereocenters. The van der Waals surface area contributed by atoms with E-state index in [-0.39, 0.29) is 11.9 Å². The predicted molar refractivity (Wildman–Crippen MR) is 82.7 cm³/mol. The summed E-state index contributed by atoms with van der Waals surface area (Å²) in [6.07, 6.45) is 4.27. The lowest BCUT2D eigenvalue weighted by Crippen LogP contribution is -2.50. The standard InChI is InChI=1S/C17H26N2O/c1-13(15-8-4-3-5-9-15)11-12-18-17(20)16-10-6-7-14(2)19-16/h3-5,8-9,13-14,16,19H,6-7,10-12H2,1-2H3,(H,18,20). The second kappa shape index (κ2) is 7.44. The van der Waals surface area contributed by atoms with E-state index in [9.17, 15) is 4.79 Å². The van der Waals surface area contributed by atoms with E-state index in [1.807, 2.05) is 6.07 Å². The molecule has 0 radical (unpaired) electrons. The number of nitrogens with one attached hydrogen (secondary N) is 2. The van der Waals surface area contributed by atoms with Gasteiger partial charge < -0.3 is 10.6 Å². The topological polar surface area (TPSA) is 41.1 Å². The third-order valence-corrected chi connectivity index (χ3v) is 4.18. The molecule has 20 heavy (non-hydrogen) atoms. The highest BCUT2D eigenvalue weighted by Gasteiger charge is 2.23. The number of piperidine rings is 1. The van der Waals surface area contributed by atoms with Crippen LogP contribution in [0.15, 0.2) is 30.3 Å². The lowest BCUT2D eigenvalue weighted by molar-refractivity contribution is -0.123. The summed E-state index contributed by atoms with van der Waals surface area (Å²) < 4.78 is 0. The first-order chi connectivity index (χ1) is 9.66. The van der Waals surface area contributed by atoms with Gasteiger partial charge in [-0.05, 0) is 44.1 Å². The molecular formula is C17H26N2O. The Bertz CT molecular complexity index is 418. The maximum absolute atomic E-state index is 12.1. The van der Waals surface area contributed by atoms with Gasteiger partial charge in [-0.3, -0.25) is 4.79 Å². The van der Waals surface area contributed by atoms with E-state index in [4.69, 9.17) is 0 Å². The van der Waals surface area contributed by atoms with Crippen molar-refractivity contribution in [2.75, 3.05) is 6.54 Å². The van der Waals surface area contributed by atoms with Gasteiger partial charge in [-0.1, -0.05) is 37.3 Å². The Kier molecular flexibility index (Phi) is 5.60. The molecule has 0 aliphatic carbocycles. The first-order valence-corrected chi connectivity index (χ1v) is 7.75. The number of carbonyl (C=O) groups is 1. The van der Waals surface area contributed by atoms with E-state index in [0.29, 0.717) is 12.0 Å². The number of hydrogen-bond donors (Lipinski definition) is 2. The van der Waals surface area contributed by atoms with Gasteiger partial charge >= 0.3 is 0 Å². The number of benzene rings is 1. The summed E-state index contributed by atoms with van der Waals surface area (Å²) in [5.74, 6) is 0.645. The molecule has 0 aromatic heterocycles. The molecule has 1 amide bonds. The molecule has 2 N–H and O–H groups in total. The Labute approximate surface area is 122 Å². The Morgan fingerprint density at radius 3 is 2.80 bits per heavy atom. The van der Waals surface area contributed by atoms with Crippen LogP contribution in [0, 0.1) is 0 Å². The summed E-state index contributed by atoms with van der Waals surface area (Å²) in [6.45, 7) is 5.11. The average molecular weight is 274 g/mol. The predicted octanol–water partition coefficient (Wildman–Crippen LogP) is 2.83. The largest absolute Gasteiger partial charge is 0.355 e. The fourth-order valence-electron chi connectivity index (χ4n) is 2.83. The number of carbonyl (C=O) groups excluding carboxylic acids is 1. The molecule has 0 saturated carbocycles. The number of amides is 1. The Morgan fingerprint density at radius 2 is 2.10 bits per heavy atom. The zero-order chi connectivity index (χ0) is 14.4. The zero-order valence-electron chi connectivity index (χ0n) is 12.6. The Balaban J connectivity index is 1.71. The Hall–Kier alpha value is -1.35. The highest BCUT2D eigenvalue weighted by Crippen LogP contribution is 2.17. The third kappa shape index (κ3) is 4.34. The van der Waals surface area contributed by atoms with Crippen LogP contribution in [-0.4, -0.2) is 24.5 Å². The van der Waals surface area contributed by atoms with Crippen molar-refractivity contribution in [1.82, 2.24) is 10.6 Å². The minimum absolute atomic E-state index is 0.00535. The van der Waals surface area contributed by atoms with Crippen LogP contribution < -0.4 is 10.6 Å². The Morgan fingerprint density at radius 1 is 1.35 bits per heavy atom. The minimum Gasteiger partial charge on any atom is -0.355 e. The summed E-state index contributed by atoms with van der Waals surface area (Å²) in [7, 11) is 0. The van der Waals surface area contributed by atoms with Crippen molar-refractivity contribution in [1.29, 1.82) is 0 Å². The molecule has 1 saturated heterocycles. The van der Waals surface area contributed by atoms with Crippen LogP contribution in [0.25, 0.3) is 0 Å². The van der Waals surface area contributed by atoms with Gasteiger partial charge in [0, 0.05) is 12.6 Å². The highest BCUT2D eigenvalue weighted by molar-refractivity contribution is 5.81. The third-order valence-electron chi connectivity index (χ3n) is 4.18. The lowest BCUT2D eigenvalue weighted by atomic mass is 9.97. The van der Waals surface area contributed by atoms with Gasteiger partial charge in [0.15, 0.2) is 0 Å². The molecular weight excluding hydrogens is 248 g/mol. The average Bonchev–Trinajstić information content (AvgIpc) is 2.48. The molecule has 3 unspecified atom stereocenters. The second-order valence-corrected chi connectivity index (χ2v) is 5.94. The quantitative estimate of drug-likeness (QED) is 0.867. The molecule has 3 heteroatoms. The van der Waals surface area contributed by atoms with Gasteiger partial charge in [0.1, 0.15) is 0 Å². The van der Waals surface area contributed by atoms with Gasteiger partial charge in [0.2, 0.25) is 5.91 Å². The van der Waals surface area contributed by atoms with Crippen molar-refractivity contribution in [3.05, 3.63) is 35.9 Å². The molecule has 110 valence electrons. The van der Waals surface area contributed by atoms with Crippen LogP contribution in [0.2, 0.25) is 0 Å². The van der Waals surface area contributed by atoms with Crippen LogP contribution in [0.4, 0.5) is 0 Å². The zero-order valence-corrected chi connectivity index (χ0v) is 12.6. The molecule has 0 bridgehead atoms. The van der Waals surface area contributed by atoms with Crippen LogP contribution in [0.1, 0.15) is 51.0 Å². The molecule has 1 aromatic rings. The highest BCUT2D eigenvalue weighted by atomic mass is 16.2. The summed E-state index contributed by atoms with van der Waals surface area (Å²) in [6, 6.07) is 10.9. The van der Waals surface area contributed by atoms with Crippen molar-refractivity contribution in [2.24, 2.45) is 0 Å². The SMILES string of the molecule is CC1CCCC(C(=O)NCCC(C)c2ccccc2)N1. The normalized spacial score (nSPS) is 24.1. The molecule has 1 aromatic carbocycles. The molecule has 1 aliphatic rings. The van der Waals surface area contributed by atoms with E-state index >= 15 is 0 Å². The molecule has 3 nitrogen and oxygen atoms in total. The fourth-order valence-corrected chi connectivity index (χ4v) is 2.83. The van der Waals surface area contributed by atoms with Crippen LogP contribution in [0.5, 0.6) is 0 Å². The van der Waals surface area contributed by atoms with Gasteiger partial charge in [0.05, 0.1) is 6.04 Å². The summed E-state index contributed by atoms with van der Waals surface area (Å²) in [5.41, 5.74) is 1.34. The van der Waals surface area contributed by atoms with Crippen LogP contribution in [-0.2, 0) is 4.79 Å². The first kappa shape index (κ1) is 15.0. The number of hydrogen-bond acceptors (Lipinski definition) is 2. The monoisotopic (exact) mass is 274 g/mol. The number of rotatable bonds is 5. The van der Waals surface area contributed by atoms with Gasteiger partial charge in [-0.15, -0.1) is 0 Å². The van der Waals surface area contributed by atoms with Crippen molar-refractivity contribution in [3.63, 3.8) is 0 Å². The van der Waals surface area contributed by atoms with Crippen molar-refractivity contribution in [2.45, 2.75) is 57.5 Å². The van der Waals surface area contributed by atoms with E-state index in [1.54, 1.807) is 0 Å². The first-order valence-electron chi connectivity index (χ1n) is 7.75. The van der Waals surface area contributed by atoms with Gasteiger partial charge in [0.25, 0.3) is 0 Å². The molecule has 0 spiro atoms. The lowest BCUT2D eigenvalue weighted by Gasteiger charge is -2.28. The summed E-state index contributed by atoms with van der Waals surface area (Å²) in [4.78, 5) is 12.1. The van der Waals surface area contributed by atoms with Crippen molar-refractivity contribution < 1.29 is 4.79 Å². The fraction of sp³-hybridized carbons (Fsp3) is 0.588. The maximum Gasteiger partial charge on any atom is 0.237 e. The second-order valence-electron chi connectivity index (χ2n) is 5.94. The van der Waals surface area contributed by atoms with E-state index < -0.39 is 0 Å².